The molecular weight excluding hydrogens is 212 g/mol. The summed E-state index contributed by atoms with van der Waals surface area (Å²) in [6.07, 6.45) is 0. The van der Waals surface area contributed by atoms with Crippen LogP contribution >= 0.6 is 23.1 Å². The van der Waals surface area contributed by atoms with E-state index in [-0.39, 0.29) is 0 Å². The predicted molar refractivity (Wildman–Crippen MR) is 62.1 cm³/mol. The van der Waals surface area contributed by atoms with Crippen molar-refractivity contribution in [2.24, 2.45) is 0 Å². The molecule has 0 unspecified atom stereocenters. The number of para-hydroxylation sites is 1. The SMILES string of the molecule is c1ccc2sc(SC3CNC3)nc2c1. The first-order chi connectivity index (χ1) is 6.92. The van der Waals surface area contributed by atoms with Gasteiger partial charge in [0.1, 0.15) is 0 Å². The number of benzene rings is 1. The van der Waals surface area contributed by atoms with E-state index in [0.717, 1.165) is 23.9 Å². The molecule has 4 heteroatoms. The van der Waals surface area contributed by atoms with Crippen molar-refractivity contribution in [2.45, 2.75) is 9.59 Å². The number of nitrogens with zero attached hydrogens (tertiary/aromatic N) is 1. The van der Waals surface area contributed by atoms with E-state index in [1.807, 2.05) is 17.8 Å². The van der Waals surface area contributed by atoms with Gasteiger partial charge in [-0.05, 0) is 12.1 Å². The lowest BCUT2D eigenvalue weighted by Crippen LogP contribution is -2.44. The van der Waals surface area contributed by atoms with Crippen LogP contribution in [0.1, 0.15) is 0 Å². The maximum Gasteiger partial charge on any atom is 0.151 e. The van der Waals surface area contributed by atoms with Gasteiger partial charge in [0, 0.05) is 18.3 Å². The molecule has 1 saturated heterocycles. The average molecular weight is 222 g/mol. The Hall–Kier alpha value is -0.580. The first-order valence-corrected chi connectivity index (χ1v) is 6.34. The van der Waals surface area contributed by atoms with Crippen LogP contribution in [-0.2, 0) is 0 Å². The third-order valence-electron chi connectivity index (χ3n) is 2.29. The van der Waals surface area contributed by atoms with Gasteiger partial charge in [0.05, 0.1) is 10.2 Å². The lowest BCUT2D eigenvalue weighted by Gasteiger charge is -2.24. The highest BCUT2D eigenvalue weighted by molar-refractivity contribution is 8.01. The molecule has 0 aliphatic carbocycles. The van der Waals surface area contributed by atoms with E-state index < -0.39 is 0 Å². The molecule has 14 heavy (non-hydrogen) atoms. The molecule has 1 N–H and O–H groups in total. The summed E-state index contributed by atoms with van der Waals surface area (Å²) in [7, 11) is 0. The molecule has 1 fully saturated rings. The molecular formula is C10H10N2S2. The van der Waals surface area contributed by atoms with Crippen LogP contribution in [0.4, 0.5) is 0 Å². The fourth-order valence-electron chi connectivity index (χ4n) is 1.39. The molecule has 2 nitrogen and oxygen atoms in total. The molecule has 0 amide bonds. The van der Waals surface area contributed by atoms with Crippen molar-refractivity contribution in [3.63, 3.8) is 0 Å². The van der Waals surface area contributed by atoms with Crippen molar-refractivity contribution in [2.75, 3.05) is 13.1 Å². The largest absolute Gasteiger partial charge is 0.314 e. The van der Waals surface area contributed by atoms with Crippen LogP contribution in [0.5, 0.6) is 0 Å². The minimum absolute atomic E-state index is 0.732. The molecule has 0 bridgehead atoms. The number of hydrogen-bond acceptors (Lipinski definition) is 4. The normalized spacial score (nSPS) is 17.1. The van der Waals surface area contributed by atoms with Gasteiger partial charge in [0.2, 0.25) is 0 Å². The fraction of sp³-hybridized carbons (Fsp3) is 0.300. The molecule has 2 aromatic rings. The quantitative estimate of drug-likeness (QED) is 0.844. The van der Waals surface area contributed by atoms with E-state index in [0.29, 0.717) is 0 Å². The number of thioether (sulfide) groups is 1. The van der Waals surface area contributed by atoms with E-state index in [1.165, 1.54) is 9.04 Å². The summed E-state index contributed by atoms with van der Waals surface area (Å²) in [4.78, 5) is 4.59. The number of aromatic nitrogens is 1. The van der Waals surface area contributed by atoms with Crippen molar-refractivity contribution >= 4 is 33.3 Å². The molecule has 1 aromatic heterocycles. The van der Waals surface area contributed by atoms with Crippen molar-refractivity contribution in [3.8, 4) is 0 Å². The topological polar surface area (TPSA) is 24.9 Å². The smallest absolute Gasteiger partial charge is 0.151 e. The fourth-order valence-corrected chi connectivity index (χ4v) is 3.80. The van der Waals surface area contributed by atoms with Gasteiger partial charge < -0.3 is 5.32 Å². The Bertz CT molecular complexity index is 415. The van der Waals surface area contributed by atoms with Crippen molar-refractivity contribution in [3.05, 3.63) is 24.3 Å². The van der Waals surface area contributed by atoms with Crippen molar-refractivity contribution < 1.29 is 0 Å². The van der Waals surface area contributed by atoms with Crippen LogP contribution in [0.3, 0.4) is 0 Å². The zero-order valence-corrected chi connectivity index (χ0v) is 9.20. The highest BCUT2D eigenvalue weighted by atomic mass is 32.2. The minimum atomic E-state index is 0.732. The van der Waals surface area contributed by atoms with E-state index in [9.17, 15) is 0 Å². The monoisotopic (exact) mass is 222 g/mol. The van der Waals surface area contributed by atoms with Gasteiger partial charge >= 0.3 is 0 Å². The van der Waals surface area contributed by atoms with E-state index in [4.69, 9.17) is 0 Å². The third-order valence-corrected chi connectivity index (χ3v) is 4.62. The lowest BCUT2D eigenvalue weighted by molar-refractivity contribution is 0.543. The minimum Gasteiger partial charge on any atom is -0.314 e. The summed E-state index contributed by atoms with van der Waals surface area (Å²) >= 11 is 3.70. The Kier molecular flexibility index (Phi) is 2.20. The molecule has 0 radical (unpaired) electrons. The predicted octanol–water partition coefficient (Wildman–Crippen LogP) is 2.36. The molecule has 2 heterocycles. The van der Waals surface area contributed by atoms with Crippen LogP contribution < -0.4 is 5.32 Å². The molecule has 3 rings (SSSR count). The first-order valence-electron chi connectivity index (χ1n) is 4.65. The maximum absolute atomic E-state index is 4.59. The maximum atomic E-state index is 4.59. The zero-order chi connectivity index (χ0) is 9.38. The first kappa shape index (κ1) is 8.71. The number of thiazole rings is 1. The summed E-state index contributed by atoms with van der Waals surface area (Å²) in [6.45, 7) is 2.25. The molecule has 0 saturated carbocycles. The van der Waals surface area contributed by atoms with Gasteiger partial charge in [-0.1, -0.05) is 23.9 Å². The van der Waals surface area contributed by atoms with Crippen molar-refractivity contribution in [1.82, 2.24) is 10.3 Å². The highest BCUT2D eigenvalue weighted by Crippen LogP contribution is 2.32. The van der Waals surface area contributed by atoms with E-state index in [1.54, 1.807) is 11.3 Å². The van der Waals surface area contributed by atoms with Gasteiger partial charge in [0.15, 0.2) is 4.34 Å². The second-order valence-electron chi connectivity index (χ2n) is 3.35. The Balaban J connectivity index is 1.89. The van der Waals surface area contributed by atoms with Crippen molar-refractivity contribution in [1.29, 1.82) is 0 Å². The lowest BCUT2D eigenvalue weighted by atomic mass is 10.3. The molecule has 1 aliphatic heterocycles. The molecule has 0 atom stereocenters. The van der Waals surface area contributed by atoms with Gasteiger partial charge in [-0.2, -0.15) is 0 Å². The Labute approximate surface area is 90.7 Å². The second-order valence-corrected chi connectivity index (χ2v) is 5.92. The molecule has 0 spiro atoms. The van der Waals surface area contributed by atoms with Gasteiger partial charge in [0.25, 0.3) is 0 Å². The van der Waals surface area contributed by atoms with Crippen LogP contribution in [-0.4, -0.2) is 23.3 Å². The Morgan fingerprint density at radius 3 is 2.93 bits per heavy atom. The van der Waals surface area contributed by atoms with Crippen LogP contribution in [0.15, 0.2) is 28.6 Å². The van der Waals surface area contributed by atoms with Crippen LogP contribution in [0.2, 0.25) is 0 Å². The summed E-state index contributed by atoms with van der Waals surface area (Å²) in [5, 5.41) is 4.00. The van der Waals surface area contributed by atoms with E-state index in [2.05, 4.69) is 28.5 Å². The Morgan fingerprint density at radius 2 is 2.21 bits per heavy atom. The van der Waals surface area contributed by atoms with Crippen LogP contribution in [0.25, 0.3) is 10.2 Å². The number of nitrogens with one attached hydrogen (secondary N) is 1. The highest BCUT2D eigenvalue weighted by Gasteiger charge is 2.19. The summed E-state index contributed by atoms with van der Waals surface area (Å²) in [6, 6.07) is 8.33. The Morgan fingerprint density at radius 1 is 1.36 bits per heavy atom. The summed E-state index contributed by atoms with van der Waals surface area (Å²) in [5.74, 6) is 0. The molecule has 72 valence electrons. The third kappa shape index (κ3) is 1.54. The summed E-state index contributed by atoms with van der Waals surface area (Å²) in [5.41, 5.74) is 1.13. The standard InChI is InChI=1S/C10H10N2S2/c1-2-4-9-8(3-1)12-10(14-9)13-7-5-11-6-7/h1-4,7,11H,5-6H2. The van der Waals surface area contributed by atoms with Gasteiger partial charge in [-0.15, -0.1) is 11.3 Å². The summed E-state index contributed by atoms with van der Waals surface area (Å²) < 4.78 is 2.50. The molecule has 1 aromatic carbocycles. The van der Waals surface area contributed by atoms with Gasteiger partial charge in [-0.25, -0.2) is 4.98 Å². The zero-order valence-electron chi connectivity index (χ0n) is 7.56. The average Bonchev–Trinajstić information content (AvgIpc) is 2.53. The van der Waals surface area contributed by atoms with Crippen LogP contribution in [0, 0.1) is 0 Å². The number of rotatable bonds is 2. The number of fused-ring (bicyclic) bond motifs is 1. The molecule has 1 aliphatic rings. The number of hydrogen-bond donors (Lipinski definition) is 1. The van der Waals surface area contributed by atoms with Gasteiger partial charge in [-0.3, -0.25) is 0 Å². The van der Waals surface area contributed by atoms with E-state index >= 15 is 0 Å². The second kappa shape index (κ2) is 3.53.